The first-order valence-corrected chi connectivity index (χ1v) is 5.11. The van der Waals surface area contributed by atoms with Crippen LogP contribution in [0.25, 0.3) is 0 Å². The molecule has 0 spiro atoms. The fraction of sp³-hybridized carbons (Fsp3) is 0.455. The lowest BCUT2D eigenvalue weighted by Gasteiger charge is -2.16. The first-order chi connectivity index (χ1) is 7.52. The van der Waals surface area contributed by atoms with Gasteiger partial charge in [0.1, 0.15) is 5.56 Å². The number of nitrogens with zero attached hydrogens (tertiary/aromatic N) is 1. The molecule has 0 aliphatic rings. The Balaban J connectivity index is 2.70. The van der Waals surface area contributed by atoms with Gasteiger partial charge >= 0.3 is 5.97 Å². The second kappa shape index (κ2) is 5.46. The highest BCUT2D eigenvalue weighted by Gasteiger charge is 2.12. The Morgan fingerprint density at radius 2 is 2.25 bits per heavy atom. The molecule has 0 fully saturated rings. The number of carbonyl (C=O) groups is 1. The van der Waals surface area contributed by atoms with E-state index < -0.39 is 12.1 Å². The first kappa shape index (κ1) is 12.4. The molecule has 0 radical (unpaired) electrons. The maximum Gasteiger partial charge on any atom is 0.339 e. The number of hydrogen-bond acceptors (Lipinski definition) is 4. The van der Waals surface area contributed by atoms with Crippen LogP contribution in [0.4, 0.5) is 5.69 Å². The van der Waals surface area contributed by atoms with E-state index >= 15 is 0 Å². The van der Waals surface area contributed by atoms with Crippen LogP contribution in [0.2, 0.25) is 0 Å². The first-order valence-electron chi connectivity index (χ1n) is 5.11. The predicted octanol–water partition coefficient (Wildman–Crippen LogP) is 1.21. The van der Waals surface area contributed by atoms with E-state index in [0.29, 0.717) is 12.2 Å². The van der Waals surface area contributed by atoms with Gasteiger partial charge in [-0.1, -0.05) is 13.8 Å². The largest absolute Gasteiger partial charge is 0.478 e. The molecule has 3 N–H and O–H groups in total. The molecule has 0 aliphatic heterocycles. The Morgan fingerprint density at radius 1 is 1.56 bits per heavy atom. The summed E-state index contributed by atoms with van der Waals surface area (Å²) in [5, 5.41) is 21.4. The van der Waals surface area contributed by atoms with E-state index in [2.05, 4.69) is 10.3 Å². The average Bonchev–Trinajstić information content (AvgIpc) is 2.25. The zero-order valence-corrected chi connectivity index (χ0v) is 9.34. The molecule has 1 rings (SSSR count). The molecule has 0 saturated carbocycles. The van der Waals surface area contributed by atoms with Gasteiger partial charge in [0.2, 0.25) is 0 Å². The Kier molecular flexibility index (Phi) is 4.25. The van der Waals surface area contributed by atoms with Crippen LogP contribution in [-0.4, -0.2) is 33.8 Å². The molecule has 1 unspecified atom stereocenters. The molecule has 1 heterocycles. The van der Waals surface area contributed by atoms with Crippen LogP contribution in [0.15, 0.2) is 18.5 Å². The summed E-state index contributed by atoms with van der Waals surface area (Å²) in [5.74, 6) is -0.905. The van der Waals surface area contributed by atoms with E-state index in [4.69, 9.17) is 5.11 Å². The van der Waals surface area contributed by atoms with Gasteiger partial charge in [-0.3, -0.25) is 4.98 Å². The monoisotopic (exact) mass is 224 g/mol. The number of nitrogens with one attached hydrogen (secondary N) is 1. The quantitative estimate of drug-likeness (QED) is 0.700. The van der Waals surface area contributed by atoms with Gasteiger partial charge in [-0.15, -0.1) is 0 Å². The van der Waals surface area contributed by atoms with Crippen molar-refractivity contribution < 1.29 is 15.0 Å². The van der Waals surface area contributed by atoms with E-state index in [1.807, 2.05) is 13.8 Å². The summed E-state index contributed by atoms with van der Waals surface area (Å²) in [6.45, 7) is 4.12. The van der Waals surface area contributed by atoms with Gasteiger partial charge in [0.15, 0.2) is 0 Å². The summed E-state index contributed by atoms with van der Waals surface area (Å²) in [5.41, 5.74) is 0.584. The number of pyridine rings is 1. The maximum atomic E-state index is 10.9. The van der Waals surface area contributed by atoms with Crippen molar-refractivity contribution in [1.82, 2.24) is 4.98 Å². The minimum absolute atomic E-state index is 0.110. The summed E-state index contributed by atoms with van der Waals surface area (Å²) in [7, 11) is 0. The molecule has 0 amide bonds. The number of rotatable bonds is 5. The Labute approximate surface area is 94.1 Å². The minimum atomic E-state index is -1.03. The zero-order valence-electron chi connectivity index (χ0n) is 9.34. The summed E-state index contributed by atoms with van der Waals surface area (Å²) < 4.78 is 0. The SMILES string of the molecule is CC(C)C(O)CNc1ccncc1C(=O)O. The van der Waals surface area contributed by atoms with Crippen molar-refractivity contribution in [2.24, 2.45) is 5.92 Å². The highest BCUT2D eigenvalue weighted by atomic mass is 16.4. The smallest absolute Gasteiger partial charge is 0.339 e. The molecule has 0 saturated heterocycles. The third-order valence-electron chi connectivity index (χ3n) is 2.32. The molecule has 16 heavy (non-hydrogen) atoms. The Bertz CT molecular complexity index is 366. The van der Waals surface area contributed by atoms with Gasteiger partial charge < -0.3 is 15.5 Å². The number of anilines is 1. The second-order valence-electron chi connectivity index (χ2n) is 3.92. The normalized spacial score (nSPS) is 12.5. The highest BCUT2D eigenvalue weighted by Crippen LogP contribution is 2.14. The third kappa shape index (κ3) is 3.20. The Morgan fingerprint density at radius 3 is 2.81 bits per heavy atom. The zero-order chi connectivity index (χ0) is 12.1. The number of carboxylic acids is 1. The van der Waals surface area contributed by atoms with Crippen LogP contribution in [0.3, 0.4) is 0 Å². The summed E-state index contributed by atoms with van der Waals surface area (Å²) >= 11 is 0. The minimum Gasteiger partial charge on any atom is -0.478 e. The van der Waals surface area contributed by atoms with Crippen LogP contribution in [0.5, 0.6) is 0 Å². The van der Waals surface area contributed by atoms with Crippen molar-refractivity contribution in [3.63, 3.8) is 0 Å². The van der Waals surface area contributed by atoms with Gasteiger partial charge in [-0.25, -0.2) is 4.79 Å². The predicted molar refractivity (Wildman–Crippen MR) is 60.5 cm³/mol. The number of aromatic nitrogens is 1. The lowest BCUT2D eigenvalue weighted by atomic mass is 10.1. The average molecular weight is 224 g/mol. The lowest BCUT2D eigenvalue weighted by molar-refractivity contribution is 0.0697. The van der Waals surface area contributed by atoms with Crippen molar-refractivity contribution in [2.45, 2.75) is 20.0 Å². The molecule has 1 atom stereocenters. The van der Waals surface area contributed by atoms with Crippen LogP contribution in [0, 0.1) is 5.92 Å². The number of aromatic carboxylic acids is 1. The van der Waals surface area contributed by atoms with Gasteiger partial charge in [-0.05, 0) is 12.0 Å². The summed E-state index contributed by atoms with van der Waals surface area (Å²) in [6.07, 6.45) is 2.29. The van der Waals surface area contributed by atoms with Gasteiger partial charge in [0, 0.05) is 18.9 Å². The molecule has 5 heteroatoms. The molecule has 0 aromatic carbocycles. The number of aliphatic hydroxyl groups is 1. The van der Waals surface area contributed by atoms with Crippen LogP contribution in [-0.2, 0) is 0 Å². The molecule has 88 valence electrons. The summed E-state index contributed by atoms with van der Waals surface area (Å²) in [6, 6.07) is 1.58. The standard InChI is InChI=1S/C11H16N2O3/c1-7(2)10(14)6-13-9-3-4-12-5-8(9)11(15)16/h3-5,7,10,14H,6H2,1-2H3,(H,12,13)(H,15,16). The van der Waals surface area contributed by atoms with Gasteiger partial charge in [0.25, 0.3) is 0 Å². The number of aliphatic hydroxyl groups excluding tert-OH is 1. The third-order valence-corrected chi connectivity index (χ3v) is 2.32. The molecular weight excluding hydrogens is 208 g/mol. The molecule has 5 nitrogen and oxygen atoms in total. The number of hydrogen-bond donors (Lipinski definition) is 3. The van der Waals surface area contributed by atoms with Crippen molar-refractivity contribution in [3.05, 3.63) is 24.0 Å². The fourth-order valence-corrected chi connectivity index (χ4v) is 1.17. The van der Waals surface area contributed by atoms with E-state index in [9.17, 15) is 9.90 Å². The molecule has 0 aliphatic carbocycles. The van der Waals surface area contributed by atoms with Crippen LogP contribution in [0.1, 0.15) is 24.2 Å². The van der Waals surface area contributed by atoms with Crippen molar-refractivity contribution in [1.29, 1.82) is 0 Å². The molecular formula is C11H16N2O3. The van der Waals surface area contributed by atoms with Crippen molar-refractivity contribution in [3.8, 4) is 0 Å². The molecule has 1 aromatic heterocycles. The molecule has 0 bridgehead atoms. The molecule has 1 aromatic rings. The summed E-state index contributed by atoms with van der Waals surface area (Å²) in [4.78, 5) is 14.6. The van der Waals surface area contributed by atoms with Gasteiger partial charge in [0.05, 0.1) is 11.8 Å². The van der Waals surface area contributed by atoms with Crippen LogP contribution < -0.4 is 5.32 Å². The lowest BCUT2D eigenvalue weighted by Crippen LogP contribution is -2.25. The Hall–Kier alpha value is -1.62. The topological polar surface area (TPSA) is 82.5 Å². The fourth-order valence-electron chi connectivity index (χ4n) is 1.17. The van der Waals surface area contributed by atoms with E-state index in [1.165, 1.54) is 12.4 Å². The number of carboxylic acid groups (broad SMARTS) is 1. The van der Waals surface area contributed by atoms with Gasteiger partial charge in [-0.2, -0.15) is 0 Å². The van der Waals surface area contributed by atoms with Crippen molar-refractivity contribution in [2.75, 3.05) is 11.9 Å². The van der Waals surface area contributed by atoms with Crippen LogP contribution >= 0.6 is 0 Å². The van der Waals surface area contributed by atoms with E-state index in [-0.39, 0.29) is 11.5 Å². The van der Waals surface area contributed by atoms with E-state index in [0.717, 1.165) is 0 Å². The second-order valence-corrected chi connectivity index (χ2v) is 3.92. The highest BCUT2D eigenvalue weighted by molar-refractivity contribution is 5.93. The maximum absolute atomic E-state index is 10.9. The van der Waals surface area contributed by atoms with E-state index in [1.54, 1.807) is 6.07 Å². The van der Waals surface area contributed by atoms with Crippen molar-refractivity contribution >= 4 is 11.7 Å².